The van der Waals surface area contributed by atoms with Gasteiger partial charge in [0.05, 0.1) is 13.2 Å². The highest BCUT2D eigenvalue weighted by atomic mass is 35.5. The van der Waals surface area contributed by atoms with Gasteiger partial charge in [0.1, 0.15) is 0 Å². The van der Waals surface area contributed by atoms with Gasteiger partial charge in [0.25, 0.3) is 5.63 Å². The van der Waals surface area contributed by atoms with Crippen LogP contribution in [0.3, 0.4) is 0 Å². The van der Waals surface area contributed by atoms with Crippen molar-refractivity contribution in [3.8, 4) is 0 Å². The van der Waals surface area contributed by atoms with Crippen LogP contribution in [0.15, 0.2) is 0 Å². The average molecular weight is 221 g/mol. The molecule has 0 saturated heterocycles. The molecule has 0 saturated carbocycles. The molecule has 1 atom stereocenters. The van der Waals surface area contributed by atoms with Crippen LogP contribution in [-0.2, 0) is 9.47 Å². The molecule has 0 aromatic rings. The first kappa shape index (κ1) is 13.0. The Hall–Kier alpha value is -0.0000000000000000555. The second-order valence-electron chi connectivity index (χ2n) is 2.32. The fraction of sp³-hybridized carbons (Fsp3) is 1.00. The molecule has 0 spiro atoms. The van der Waals surface area contributed by atoms with E-state index in [-0.39, 0.29) is 13.2 Å². The van der Waals surface area contributed by atoms with E-state index >= 15 is 0 Å². The van der Waals surface area contributed by atoms with Crippen LogP contribution in [0.2, 0.25) is 0 Å². The van der Waals surface area contributed by atoms with E-state index in [0.29, 0.717) is 6.61 Å². The fourth-order valence-electron chi connectivity index (χ4n) is 0.546. The fourth-order valence-corrected chi connectivity index (χ4v) is 0.609. The number of hydrogen-bond acceptors (Lipinski definition) is 2. The third kappa shape index (κ3) is 6.12. The predicted octanol–water partition coefficient (Wildman–Crippen LogP) is 2.56. The van der Waals surface area contributed by atoms with Gasteiger partial charge < -0.3 is 9.47 Å². The first-order valence-electron chi connectivity index (χ1n) is 3.88. The number of rotatable bonds is 7. The number of ether oxygens (including phenoxy) is 2. The van der Waals surface area contributed by atoms with Crippen LogP contribution >= 0.6 is 11.6 Å². The monoisotopic (exact) mass is 220 g/mol. The van der Waals surface area contributed by atoms with E-state index in [0.717, 1.165) is 6.42 Å². The van der Waals surface area contributed by atoms with Crippen LogP contribution in [0.1, 0.15) is 13.3 Å². The zero-order valence-corrected chi connectivity index (χ0v) is 7.99. The summed E-state index contributed by atoms with van der Waals surface area (Å²) < 4.78 is 45.2. The standard InChI is InChI=1S/C7H12ClF3O2/c1-2-3-12-4-5-13-7(10,11)6(8)9/h6H,2-5H2,1H3. The third-order valence-corrected chi connectivity index (χ3v) is 1.38. The van der Waals surface area contributed by atoms with Crippen molar-refractivity contribution in [2.75, 3.05) is 19.8 Å². The number of halogens is 4. The van der Waals surface area contributed by atoms with Crippen molar-refractivity contribution in [3.05, 3.63) is 0 Å². The minimum atomic E-state index is -3.93. The van der Waals surface area contributed by atoms with Crippen molar-refractivity contribution in [1.29, 1.82) is 0 Å². The molecule has 80 valence electrons. The number of alkyl halides is 4. The molecule has 0 amide bonds. The molecule has 0 fully saturated rings. The van der Waals surface area contributed by atoms with Crippen LogP contribution < -0.4 is 0 Å². The van der Waals surface area contributed by atoms with Crippen LogP contribution in [0.5, 0.6) is 0 Å². The van der Waals surface area contributed by atoms with Gasteiger partial charge >= 0.3 is 6.11 Å². The largest absolute Gasteiger partial charge is 0.401 e. The second kappa shape index (κ2) is 6.45. The molecule has 0 radical (unpaired) electrons. The van der Waals surface area contributed by atoms with Crippen molar-refractivity contribution < 1.29 is 22.6 Å². The predicted molar refractivity (Wildman–Crippen MR) is 42.8 cm³/mol. The summed E-state index contributed by atoms with van der Waals surface area (Å²) in [6.07, 6.45) is -3.14. The van der Waals surface area contributed by atoms with Gasteiger partial charge in [-0.25, -0.2) is 4.39 Å². The molecule has 0 aromatic carbocycles. The molecule has 0 bridgehead atoms. The maximum absolute atomic E-state index is 12.3. The highest BCUT2D eigenvalue weighted by molar-refractivity contribution is 6.20. The van der Waals surface area contributed by atoms with Crippen LogP contribution in [0, 0.1) is 0 Å². The van der Waals surface area contributed by atoms with Gasteiger partial charge in [-0.2, -0.15) is 8.78 Å². The summed E-state index contributed by atoms with van der Waals surface area (Å²) in [6, 6.07) is 0. The van der Waals surface area contributed by atoms with E-state index < -0.39 is 11.7 Å². The van der Waals surface area contributed by atoms with Gasteiger partial charge in [0, 0.05) is 6.61 Å². The Bertz CT molecular complexity index is 133. The Morgan fingerprint density at radius 2 is 1.92 bits per heavy atom. The molecule has 0 heterocycles. The molecule has 6 heteroatoms. The Morgan fingerprint density at radius 1 is 1.31 bits per heavy atom. The van der Waals surface area contributed by atoms with Gasteiger partial charge in [-0.1, -0.05) is 18.5 Å². The lowest BCUT2D eigenvalue weighted by Crippen LogP contribution is -2.30. The van der Waals surface area contributed by atoms with Crippen molar-refractivity contribution in [3.63, 3.8) is 0 Å². The van der Waals surface area contributed by atoms with Crippen molar-refractivity contribution >= 4 is 11.6 Å². The van der Waals surface area contributed by atoms with Gasteiger partial charge in [-0.15, -0.1) is 0 Å². The maximum Gasteiger partial charge on any atom is 0.401 e. The first-order chi connectivity index (χ1) is 6.00. The summed E-state index contributed by atoms with van der Waals surface area (Å²) in [4.78, 5) is 0. The Kier molecular flexibility index (Phi) is 6.45. The molecule has 0 aliphatic rings. The van der Waals surface area contributed by atoms with Gasteiger partial charge in [0.15, 0.2) is 0 Å². The lowest BCUT2D eigenvalue weighted by Gasteiger charge is -2.16. The average Bonchev–Trinajstić information content (AvgIpc) is 2.03. The smallest absolute Gasteiger partial charge is 0.379 e. The quantitative estimate of drug-likeness (QED) is 0.485. The SMILES string of the molecule is CCCOCCOC(F)(F)C(F)Cl. The van der Waals surface area contributed by atoms with E-state index in [1.54, 1.807) is 0 Å². The van der Waals surface area contributed by atoms with Gasteiger partial charge in [-0.3, -0.25) is 0 Å². The van der Waals surface area contributed by atoms with Gasteiger partial charge in [0.2, 0.25) is 0 Å². The first-order valence-corrected chi connectivity index (χ1v) is 4.32. The van der Waals surface area contributed by atoms with E-state index in [1.165, 1.54) is 0 Å². The lowest BCUT2D eigenvalue weighted by molar-refractivity contribution is -0.260. The van der Waals surface area contributed by atoms with E-state index in [2.05, 4.69) is 16.3 Å². The third-order valence-electron chi connectivity index (χ3n) is 1.12. The minimum Gasteiger partial charge on any atom is -0.379 e. The summed E-state index contributed by atoms with van der Waals surface area (Å²) >= 11 is 4.53. The zero-order chi connectivity index (χ0) is 10.3. The van der Waals surface area contributed by atoms with E-state index in [4.69, 9.17) is 4.74 Å². The molecule has 13 heavy (non-hydrogen) atoms. The highest BCUT2D eigenvalue weighted by Crippen LogP contribution is 2.25. The van der Waals surface area contributed by atoms with Crippen LogP contribution in [-0.4, -0.2) is 31.6 Å². The molecule has 1 unspecified atom stereocenters. The Morgan fingerprint density at radius 3 is 2.38 bits per heavy atom. The van der Waals surface area contributed by atoms with Crippen molar-refractivity contribution in [2.24, 2.45) is 0 Å². The van der Waals surface area contributed by atoms with Gasteiger partial charge in [-0.05, 0) is 6.42 Å². The van der Waals surface area contributed by atoms with Crippen molar-refractivity contribution in [2.45, 2.75) is 25.1 Å². The Labute approximate surface area is 80.0 Å². The zero-order valence-electron chi connectivity index (χ0n) is 7.23. The molecule has 0 aliphatic carbocycles. The second-order valence-corrected chi connectivity index (χ2v) is 2.71. The molecule has 0 rings (SSSR count). The molecule has 0 aliphatic heterocycles. The highest BCUT2D eigenvalue weighted by Gasteiger charge is 2.40. The van der Waals surface area contributed by atoms with Crippen molar-refractivity contribution in [1.82, 2.24) is 0 Å². The van der Waals surface area contributed by atoms with Crippen LogP contribution in [0.25, 0.3) is 0 Å². The summed E-state index contributed by atoms with van der Waals surface area (Å²) in [5.41, 5.74) is -2.82. The topological polar surface area (TPSA) is 18.5 Å². The Balaban J connectivity index is 3.41. The molecular formula is C7H12ClF3O2. The number of hydrogen-bond donors (Lipinski definition) is 0. The molecular weight excluding hydrogens is 209 g/mol. The maximum atomic E-state index is 12.3. The van der Waals surface area contributed by atoms with E-state index in [9.17, 15) is 13.2 Å². The van der Waals surface area contributed by atoms with E-state index in [1.807, 2.05) is 6.92 Å². The summed E-state index contributed by atoms with van der Waals surface area (Å²) in [7, 11) is 0. The normalized spacial score (nSPS) is 14.5. The minimum absolute atomic E-state index is 0.00698. The molecule has 0 aromatic heterocycles. The molecule has 0 N–H and O–H groups in total. The molecule has 2 nitrogen and oxygen atoms in total. The summed E-state index contributed by atoms with van der Waals surface area (Å²) in [5.74, 6) is 0. The summed E-state index contributed by atoms with van der Waals surface area (Å²) in [5, 5.41) is 0. The summed E-state index contributed by atoms with van der Waals surface area (Å²) in [6.45, 7) is 1.98. The van der Waals surface area contributed by atoms with Crippen LogP contribution in [0.4, 0.5) is 13.2 Å². The lowest BCUT2D eigenvalue weighted by atomic mass is 10.5.